The minimum atomic E-state index is -1.13. The van der Waals surface area contributed by atoms with E-state index in [9.17, 15) is 19.5 Å². The topological polar surface area (TPSA) is 108 Å². The smallest absolute Gasteiger partial charge is 0.408 e. The zero-order valence-corrected chi connectivity index (χ0v) is 25.9. The first-order valence-electron chi connectivity index (χ1n) is 14.9. The van der Waals surface area contributed by atoms with Crippen LogP contribution in [0.3, 0.4) is 0 Å². The van der Waals surface area contributed by atoms with Crippen molar-refractivity contribution in [2.24, 2.45) is 0 Å². The Balaban J connectivity index is 2.05. The first kappa shape index (κ1) is 33.2. The van der Waals surface area contributed by atoms with Crippen molar-refractivity contribution < 1.29 is 24.2 Å². The third kappa shape index (κ3) is 10.2. The van der Waals surface area contributed by atoms with Crippen LogP contribution in [0.4, 0.5) is 4.79 Å². The van der Waals surface area contributed by atoms with Crippen LogP contribution in [-0.2, 0) is 27.3 Å². The quantitative estimate of drug-likeness (QED) is 0.206. The minimum absolute atomic E-state index is 0.0460. The van der Waals surface area contributed by atoms with Gasteiger partial charge in [0, 0.05) is 25.1 Å². The second-order valence-electron chi connectivity index (χ2n) is 11.7. The van der Waals surface area contributed by atoms with Gasteiger partial charge in [-0.1, -0.05) is 98.6 Å². The van der Waals surface area contributed by atoms with Crippen molar-refractivity contribution in [2.45, 2.75) is 84.5 Å². The molecular weight excluding hydrogens is 542 g/mol. The third-order valence-electron chi connectivity index (χ3n) is 6.99. The Morgan fingerprint density at radius 3 is 2.12 bits per heavy atom. The summed E-state index contributed by atoms with van der Waals surface area (Å²) in [6.07, 6.45) is 1.86. The Kier molecular flexibility index (Phi) is 12.2. The molecule has 0 aliphatic heterocycles. The highest BCUT2D eigenvalue weighted by atomic mass is 16.6. The summed E-state index contributed by atoms with van der Waals surface area (Å²) in [7, 11) is 0. The summed E-state index contributed by atoms with van der Waals surface area (Å²) in [6.45, 7) is 9.59. The van der Waals surface area contributed by atoms with Crippen LogP contribution in [-0.4, -0.2) is 46.1 Å². The zero-order valence-electron chi connectivity index (χ0n) is 25.9. The van der Waals surface area contributed by atoms with Crippen LogP contribution in [0.15, 0.2) is 78.9 Å². The van der Waals surface area contributed by atoms with Crippen molar-refractivity contribution in [1.29, 1.82) is 0 Å². The molecule has 2 atom stereocenters. The van der Waals surface area contributed by atoms with Gasteiger partial charge in [-0.15, -0.1) is 0 Å². The van der Waals surface area contributed by atoms with Gasteiger partial charge < -0.3 is 25.4 Å². The van der Waals surface area contributed by atoms with E-state index in [1.165, 1.54) is 4.90 Å². The summed E-state index contributed by atoms with van der Waals surface area (Å²) in [5.74, 6) is -0.910. The fraction of sp³-hybridized carbons (Fsp3) is 0.400. The normalized spacial score (nSPS) is 12.6. The summed E-state index contributed by atoms with van der Waals surface area (Å²) in [6, 6.07) is 21.9. The van der Waals surface area contributed by atoms with Crippen molar-refractivity contribution in [2.75, 3.05) is 6.54 Å². The van der Waals surface area contributed by atoms with Crippen molar-refractivity contribution in [3.05, 3.63) is 101 Å². The van der Waals surface area contributed by atoms with Crippen molar-refractivity contribution in [1.82, 2.24) is 15.5 Å². The van der Waals surface area contributed by atoms with Gasteiger partial charge in [-0.05, 0) is 50.8 Å². The van der Waals surface area contributed by atoms with E-state index in [4.69, 9.17) is 4.74 Å². The number of unbranched alkanes of at least 4 members (excludes halogenated alkanes) is 2. The molecule has 0 saturated heterocycles. The number of benzene rings is 3. The Morgan fingerprint density at radius 2 is 1.51 bits per heavy atom. The summed E-state index contributed by atoms with van der Waals surface area (Å²) < 4.78 is 5.51. The lowest BCUT2D eigenvalue weighted by molar-refractivity contribution is -0.142. The maximum atomic E-state index is 14.5. The predicted octanol–water partition coefficient (Wildman–Crippen LogP) is 6.21. The molecule has 3 rings (SSSR count). The van der Waals surface area contributed by atoms with Gasteiger partial charge in [-0.25, -0.2) is 4.79 Å². The number of nitrogens with one attached hydrogen (secondary N) is 2. The Labute approximate surface area is 255 Å². The maximum absolute atomic E-state index is 14.5. The van der Waals surface area contributed by atoms with Crippen LogP contribution in [0.25, 0.3) is 0 Å². The highest BCUT2D eigenvalue weighted by Crippen LogP contribution is 2.33. The largest absolute Gasteiger partial charge is 0.507 e. The number of aryl methyl sites for hydroxylation is 1. The van der Waals surface area contributed by atoms with E-state index in [-0.39, 0.29) is 25.3 Å². The van der Waals surface area contributed by atoms with Gasteiger partial charge in [0.15, 0.2) is 0 Å². The number of carbonyl (C=O) groups is 3. The van der Waals surface area contributed by atoms with E-state index in [1.54, 1.807) is 45.9 Å². The molecule has 0 saturated carbocycles. The van der Waals surface area contributed by atoms with Crippen LogP contribution in [0.2, 0.25) is 0 Å². The SMILES string of the molecule is CCCCCN(C(=O)C(Cc1ccccc1)NC(=O)OC(C)(C)C)C(C(=O)NCc1ccccc1)c1cccc(C)c1O. The lowest BCUT2D eigenvalue weighted by atomic mass is 9.97. The van der Waals surface area contributed by atoms with Gasteiger partial charge in [0.1, 0.15) is 23.4 Å². The molecular formula is C35H45N3O5. The molecule has 0 radical (unpaired) electrons. The van der Waals surface area contributed by atoms with Gasteiger partial charge in [0.25, 0.3) is 0 Å². The van der Waals surface area contributed by atoms with E-state index in [2.05, 4.69) is 17.6 Å². The molecule has 3 amide bonds. The fourth-order valence-corrected chi connectivity index (χ4v) is 4.83. The lowest BCUT2D eigenvalue weighted by Gasteiger charge is -2.35. The molecule has 0 spiro atoms. The number of phenolic OH excluding ortho intramolecular Hbond substituents is 1. The number of aromatic hydroxyl groups is 1. The number of amides is 3. The minimum Gasteiger partial charge on any atom is -0.507 e. The molecule has 0 heterocycles. The Bertz CT molecular complexity index is 1340. The fourth-order valence-electron chi connectivity index (χ4n) is 4.83. The summed E-state index contributed by atoms with van der Waals surface area (Å²) >= 11 is 0. The average Bonchev–Trinajstić information content (AvgIpc) is 2.97. The first-order chi connectivity index (χ1) is 20.5. The molecule has 230 valence electrons. The lowest BCUT2D eigenvalue weighted by Crippen LogP contribution is -2.54. The molecule has 3 aromatic rings. The third-order valence-corrected chi connectivity index (χ3v) is 6.99. The molecule has 0 bridgehead atoms. The van der Waals surface area contributed by atoms with Crippen LogP contribution in [0, 0.1) is 6.92 Å². The van der Waals surface area contributed by atoms with Gasteiger partial charge in [0.2, 0.25) is 11.8 Å². The Hall–Kier alpha value is -4.33. The number of hydrogen-bond acceptors (Lipinski definition) is 5. The summed E-state index contributed by atoms with van der Waals surface area (Å²) in [4.78, 5) is 43.0. The second kappa shape index (κ2) is 15.8. The summed E-state index contributed by atoms with van der Waals surface area (Å²) in [5, 5.41) is 16.9. The Morgan fingerprint density at radius 1 is 0.884 bits per heavy atom. The monoisotopic (exact) mass is 587 g/mol. The highest BCUT2D eigenvalue weighted by Gasteiger charge is 2.37. The number of phenols is 1. The molecule has 3 aromatic carbocycles. The van der Waals surface area contributed by atoms with Gasteiger partial charge in [0.05, 0.1) is 0 Å². The molecule has 43 heavy (non-hydrogen) atoms. The molecule has 0 aromatic heterocycles. The highest BCUT2D eigenvalue weighted by molar-refractivity contribution is 5.92. The number of carbonyl (C=O) groups excluding carboxylic acids is 3. The predicted molar refractivity (Wildman–Crippen MR) is 168 cm³/mol. The second-order valence-corrected chi connectivity index (χ2v) is 11.7. The number of rotatable bonds is 13. The molecule has 0 fully saturated rings. The van der Waals surface area contributed by atoms with E-state index in [1.807, 2.05) is 60.7 Å². The van der Waals surface area contributed by atoms with Crippen LogP contribution < -0.4 is 10.6 Å². The molecule has 2 unspecified atom stereocenters. The number of hydrogen-bond donors (Lipinski definition) is 3. The number of ether oxygens (including phenoxy) is 1. The molecule has 8 heteroatoms. The van der Waals surface area contributed by atoms with E-state index in [0.717, 1.165) is 24.0 Å². The number of nitrogens with zero attached hydrogens (tertiary/aromatic N) is 1. The molecule has 8 nitrogen and oxygen atoms in total. The average molecular weight is 588 g/mol. The van der Waals surface area contributed by atoms with Crippen molar-refractivity contribution in [3.63, 3.8) is 0 Å². The van der Waals surface area contributed by atoms with Gasteiger partial charge in [-0.3, -0.25) is 9.59 Å². The standard InChI is InChI=1S/C35H45N3O5/c1-6-7-14-22-38(33(41)29(23-26-17-10-8-11-18-26)37-34(42)43-35(3,4)5)30(28-21-15-16-25(2)31(28)39)32(40)36-24-27-19-12-9-13-20-27/h8-13,15-21,29-30,39H,6-7,14,22-24H2,1-5H3,(H,36,40)(H,37,42). The van der Waals surface area contributed by atoms with E-state index < -0.39 is 35.6 Å². The molecule has 0 aliphatic carbocycles. The zero-order chi connectivity index (χ0) is 31.4. The van der Waals surface area contributed by atoms with Crippen molar-refractivity contribution in [3.8, 4) is 5.75 Å². The maximum Gasteiger partial charge on any atom is 0.408 e. The molecule has 0 aliphatic rings. The van der Waals surface area contributed by atoms with Crippen LogP contribution >= 0.6 is 0 Å². The van der Waals surface area contributed by atoms with E-state index in [0.29, 0.717) is 17.5 Å². The first-order valence-corrected chi connectivity index (χ1v) is 14.9. The van der Waals surface area contributed by atoms with Crippen LogP contribution in [0.5, 0.6) is 5.75 Å². The number of para-hydroxylation sites is 1. The summed E-state index contributed by atoms with van der Waals surface area (Å²) in [5.41, 5.74) is 1.89. The molecule has 3 N–H and O–H groups in total. The van der Waals surface area contributed by atoms with Gasteiger partial charge >= 0.3 is 6.09 Å². The number of alkyl carbamates (subject to hydrolysis) is 1. The van der Waals surface area contributed by atoms with Gasteiger partial charge in [-0.2, -0.15) is 0 Å². The van der Waals surface area contributed by atoms with E-state index >= 15 is 0 Å². The van der Waals surface area contributed by atoms with Crippen LogP contribution in [0.1, 0.15) is 75.3 Å². The van der Waals surface area contributed by atoms with Crippen molar-refractivity contribution >= 4 is 17.9 Å².